The molecule has 2 unspecified atom stereocenters. The van der Waals surface area contributed by atoms with E-state index in [1.807, 2.05) is 0 Å². The predicted molar refractivity (Wildman–Crippen MR) is 240 cm³/mol. The molecular weight excluding hydrogens is 881 g/mol. The maximum absolute atomic E-state index is 16.0. The maximum Gasteiger partial charge on any atom is 0.338 e. The molecule has 3 aliphatic carbocycles. The average Bonchev–Trinajstić information content (AvgIpc) is 3.28. The number of rotatable bonds is 13. The Morgan fingerprint density at radius 3 is 1.96 bits per heavy atom. The Labute approximate surface area is 394 Å². The molecule has 2 bridgehead atoms. The molecule has 362 valence electrons. The van der Waals surface area contributed by atoms with E-state index in [9.17, 15) is 39.0 Å². The second kappa shape index (κ2) is 19.0. The summed E-state index contributed by atoms with van der Waals surface area (Å²) in [7, 11) is 3.28. The summed E-state index contributed by atoms with van der Waals surface area (Å²) in [5.74, 6) is -7.74. The van der Waals surface area contributed by atoms with Crippen LogP contribution in [0.1, 0.15) is 86.7 Å². The molecule has 3 aromatic carbocycles. The standard InChI is InChI=1S/C51H58N2O15/c1-28-34(65-47(61)40(57)39(31-18-12-9-13-19-31)52-45(59)32-20-14-10-15-21-32)25-51(62)44(67-46(60)33-22-16-11-17-23-33)42-49(6,43(58)41(64-29(2)54)38(28)48(51,4)5)35(66-37(56)26-53(7)8)24-36-50(42,27-63-36)68-30(3)55/h9-23,34-36,39-42,44,57,62H,24-27H2,1-8H3,(H,52,59)/t34-,35-,36?,39-,40+,41+,42?,44-,49+,50-,51+/m0/s1. The number of aliphatic hydroxyl groups excluding tert-OH is 1. The minimum absolute atomic E-state index is 0.0250. The zero-order valence-electron chi connectivity index (χ0n) is 39.3. The highest BCUT2D eigenvalue weighted by Crippen LogP contribution is 2.65. The largest absolute Gasteiger partial charge is 0.460 e. The van der Waals surface area contributed by atoms with Crippen LogP contribution >= 0.6 is 0 Å². The molecule has 17 nitrogen and oxygen atoms in total. The third-order valence-corrected chi connectivity index (χ3v) is 14.2. The molecule has 68 heavy (non-hydrogen) atoms. The molecule has 11 atom stereocenters. The van der Waals surface area contributed by atoms with Gasteiger partial charge >= 0.3 is 29.8 Å². The fraction of sp³-hybridized carbons (Fsp3) is 0.471. The molecule has 1 aliphatic heterocycles. The molecule has 7 rings (SSSR count). The van der Waals surface area contributed by atoms with Crippen LogP contribution in [0.2, 0.25) is 0 Å². The van der Waals surface area contributed by atoms with Gasteiger partial charge in [0.15, 0.2) is 23.6 Å². The number of ether oxygens (including phenoxy) is 6. The lowest BCUT2D eigenvalue weighted by Crippen LogP contribution is -2.82. The van der Waals surface area contributed by atoms with Crippen molar-refractivity contribution in [2.45, 2.75) is 108 Å². The van der Waals surface area contributed by atoms with E-state index in [2.05, 4.69) is 5.32 Å². The van der Waals surface area contributed by atoms with E-state index in [1.54, 1.807) is 112 Å². The van der Waals surface area contributed by atoms with Gasteiger partial charge in [-0.3, -0.25) is 28.9 Å². The number of nitrogens with zero attached hydrogens (tertiary/aromatic N) is 1. The summed E-state index contributed by atoms with van der Waals surface area (Å²) in [5.41, 5.74) is -7.31. The molecule has 1 amide bonds. The number of amides is 1. The summed E-state index contributed by atoms with van der Waals surface area (Å²) in [6, 6.07) is 22.9. The van der Waals surface area contributed by atoms with Crippen LogP contribution in [0, 0.1) is 16.7 Å². The number of hydrogen-bond acceptors (Lipinski definition) is 16. The number of carbonyl (C=O) groups is 7. The van der Waals surface area contributed by atoms with Crippen LogP contribution in [-0.2, 0) is 52.4 Å². The molecule has 4 aliphatic rings. The molecule has 0 spiro atoms. The van der Waals surface area contributed by atoms with E-state index in [1.165, 1.54) is 26.0 Å². The Bertz CT molecular complexity index is 2480. The highest BCUT2D eigenvalue weighted by atomic mass is 16.6. The first-order valence-electron chi connectivity index (χ1n) is 22.4. The number of aliphatic hydroxyl groups is 2. The maximum atomic E-state index is 16.0. The zero-order chi connectivity index (χ0) is 49.5. The van der Waals surface area contributed by atoms with Crippen LogP contribution in [-0.4, -0.2) is 132 Å². The summed E-state index contributed by atoms with van der Waals surface area (Å²) < 4.78 is 37.1. The second-order valence-electron chi connectivity index (χ2n) is 19.1. The van der Waals surface area contributed by atoms with E-state index < -0.39 is 119 Å². The number of fused-ring (bicyclic) bond motifs is 5. The van der Waals surface area contributed by atoms with Crippen LogP contribution in [0.3, 0.4) is 0 Å². The number of likely N-dealkylation sites (N-methyl/N-ethyl adjacent to an activating group) is 1. The Morgan fingerprint density at radius 1 is 0.824 bits per heavy atom. The number of benzene rings is 3. The van der Waals surface area contributed by atoms with Crippen molar-refractivity contribution in [3.8, 4) is 0 Å². The van der Waals surface area contributed by atoms with Gasteiger partial charge in [0.2, 0.25) is 0 Å². The third kappa shape index (κ3) is 8.83. The Kier molecular flexibility index (Phi) is 13.9. The molecule has 1 saturated heterocycles. The van der Waals surface area contributed by atoms with Crippen molar-refractivity contribution in [3.05, 3.63) is 119 Å². The molecule has 1 heterocycles. The quantitative estimate of drug-likeness (QED) is 0.126. The molecule has 17 heteroatoms. The van der Waals surface area contributed by atoms with Gasteiger partial charge in [-0.2, -0.15) is 0 Å². The van der Waals surface area contributed by atoms with Crippen molar-refractivity contribution >= 4 is 41.5 Å². The molecule has 3 N–H and O–H groups in total. The fourth-order valence-corrected chi connectivity index (χ4v) is 10.8. The van der Waals surface area contributed by atoms with Crippen molar-refractivity contribution in [1.82, 2.24) is 10.2 Å². The molecule has 3 aromatic rings. The summed E-state index contributed by atoms with van der Waals surface area (Å²) in [6.07, 6.45) is -10.6. The van der Waals surface area contributed by atoms with E-state index >= 15 is 4.79 Å². The van der Waals surface area contributed by atoms with Gasteiger partial charge in [0.1, 0.15) is 30.0 Å². The number of hydrogen-bond donors (Lipinski definition) is 3. The number of Topliss-reactive ketones (excluding diaryl/α,β-unsaturated/α-hetero) is 1. The lowest BCUT2D eigenvalue weighted by Gasteiger charge is -2.67. The van der Waals surface area contributed by atoms with E-state index in [0.29, 0.717) is 5.56 Å². The van der Waals surface area contributed by atoms with Gasteiger partial charge in [-0.05, 0) is 68.9 Å². The number of ketones is 1. The lowest BCUT2D eigenvalue weighted by molar-refractivity contribution is -0.346. The second-order valence-corrected chi connectivity index (χ2v) is 19.1. The van der Waals surface area contributed by atoms with Gasteiger partial charge in [-0.25, -0.2) is 9.59 Å². The monoisotopic (exact) mass is 938 g/mol. The number of esters is 5. The highest BCUT2D eigenvalue weighted by molar-refractivity contribution is 5.96. The van der Waals surface area contributed by atoms with Crippen molar-refractivity contribution in [2.24, 2.45) is 16.7 Å². The molecule has 2 saturated carbocycles. The first kappa shape index (κ1) is 49.6. The molecule has 0 aromatic heterocycles. The SMILES string of the molecule is CC(=O)O[C@H]1C(=O)[C@@]2(C)C([C@H](OC(=O)c3ccccc3)[C@]3(O)C[C@H](OC(=O)[C@H](O)[C@@H](NC(=O)c4ccccc4)c4ccccc4)C(C)=C1C3(C)C)[C@]1(OC(C)=O)COC1C[C@@H]2OC(=O)CN(C)C. The minimum Gasteiger partial charge on any atom is -0.460 e. The van der Waals surface area contributed by atoms with Crippen molar-refractivity contribution in [3.63, 3.8) is 0 Å². The third-order valence-electron chi connectivity index (χ3n) is 14.2. The lowest BCUT2D eigenvalue weighted by atomic mass is 9.44. The van der Waals surface area contributed by atoms with Crippen LogP contribution in [0.25, 0.3) is 0 Å². The molecule has 0 radical (unpaired) electrons. The topological polar surface area (TPSA) is 231 Å². The van der Waals surface area contributed by atoms with E-state index in [4.69, 9.17) is 28.4 Å². The molecule has 3 fully saturated rings. The Hall–Kier alpha value is -6.27. The van der Waals surface area contributed by atoms with Gasteiger partial charge in [0, 0.05) is 37.7 Å². The van der Waals surface area contributed by atoms with E-state index in [0.717, 1.165) is 13.8 Å². The van der Waals surface area contributed by atoms with Gasteiger partial charge in [0.05, 0.1) is 36.1 Å². The van der Waals surface area contributed by atoms with Crippen LogP contribution in [0.15, 0.2) is 102 Å². The summed E-state index contributed by atoms with van der Waals surface area (Å²) >= 11 is 0. The minimum atomic E-state index is -2.45. The van der Waals surface area contributed by atoms with Crippen molar-refractivity contribution in [2.75, 3.05) is 27.2 Å². The van der Waals surface area contributed by atoms with Gasteiger partial charge in [-0.15, -0.1) is 0 Å². The smallest absolute Gasteiger partial charge is 0.338 e. The molecular formula is C51H58N2O15. The predicted octanol–water partition coefficient (Wildman–Crippen LogP) is 3.85. The zero-order valence-corrected chi connectivity index (χ0v) is 39.3. The first-order valence-corrected chi connectivity index (χ1v) is 22.4. The van der Waals surface area contributed by atoms with Crippen LogP contribution in [0.4, 0.5) is 0 Å². The van der Waals surface area contributed by atoms with Crippen molar-refractivity contribution in [1.29, 1.82) is 0 Å². The van der Waals surface area contributed by atoms with Crippen molar-refractivity contribution < 1.29 is 72.2 Å². The normalized spacial score (nSPS) is 30.1. The van der Waals surface area contributed by atoms with E-state index in [-0.39, 0.29) is 41.8 Å². The number of nitrogens with one attached hydrogen (secondary N) is 1. The highest BCUT2D eigenvalue weighted by Gasteiger charge is 2.79. The average molecular weight is 939 g/mol. The fourth-order valence-electron chi connectivity index (χ4n) is 10.8. The van der Waals surface area contributed by atoms with Gasteiger partial charge in [0.25, 0.3) is 5.91 Å². The summed E-state index contributed by atoms with van der Waals surface area (Å²) in [4.78, 5) is 100. The summed E-state index contributed by atoms with van der Waals surface area (Å²) in [5, 5.41) is 28.6. The van der Waals surface area contributed by atoms with Crippen LogP contribution in [0.5, 0.6) is 0 Å². The number of carbonyl (C=O) groups excluding carboxylic acids is 7. The van der Waals surface area contributed by atoms with Crippen LogP contribution < -0.4 is 5.32 Å². The Balaban J connectivity index is 1.42. The van der Waals surface area contributed by atoms with Gasteiger partial charge < -0.3 is 44.0 Å². The summed E-state index contributed by atoms with van der Waals surface area (Å²) in [6.45, 7) is 7.76. The van der Waals surface area contributed by atoms with Gasteiger partial charge in [-0.1, -0.05) is 80.6 Å². The first-order chi connectivity index (χ1) is 32.1. The Morgan fingerprint density at radius 2 is 1.41 bits per heavy atom.